The molecule has 3 heterocycles. The van der Waals surface area contributed by atoms with Crippen LogP contribution in [0.3, 0.4) is 0 Å². The fourth-order valence-electron chi connectivity index (χ4n) is 4.86. The minimum absolute atomic E-state index is 0.0202. The highest BCUT2D eigenvalue weighted by Crippen LogP contribution is 2.45. The van der Waals surface area contributed by atoms with Crippen molar-refractivity contribution in [3.8, 4) is 0 Å². The highest BCUT2D eigenvalue weighted by atomic mass is 16.5. The first-order chi connectivity index (χ1) is 13.1. The molecule has 2 aliphatic heterocycles. The lowest BCUT2D eigenvalue weighted by atomic mass is 9.68. The van der Waals surface area contributed by atoms with Crippen LogP contribution in [0, 0.1) is 12.3 Å². The third-order valence-corrected chi connectivity index (χ3v) is 6.39. The van der Waals surface area contributed by atoms with Crippen molar-refractivity contribution in [3.63, 3.8) is 0 Å². The molecule has 4 rings (SSSR count). The smallest absolute Gasteiger partial charge is 0.292 e. The molecule has 2 fully saturated rings. The summed E-state index contributed by atoms with van der Waals surface area (Å²) in [6.07, 6.45) is 3.34. The molecule has 0 aliphatic carbocycles. The summed E-state index contributed by atoms with van der Waals surface area (Å²) >= 11 is 0. The predicted molar refractivity (Wildman–Crippen MR) is 105 cm³/mol. The van der Waals surface area contributed by atoms with E-state index in [0.717, 1.165) is 51.3 Å². The number of amides is 1. The fourth-order valence-corrected chi connectivity index (χ4v) is 4.86. The lowest BCUT2D eigenvalue weighted by Gasteiger charge is -2.50. The van der Waals surface area contributed by atoms with Gasteiger partial charge in [0.2, 0.25) is 5.76 Å². The minimum atomic E-state index is -0.0202. The number of likely N-dealkylation sites (tertiary alicyclic amines) is 2. The maximum absolute atomic E-state index is 12.7. The van der Waals surface area contributed by atoms with Crippen LogP contribution in [-0.4, -0.2) is 53.6 Å². The average molecular weight is 367 g/mol. The molecule has 5 heteroatoms. The van der Waals surface area contributed by atoms with E-state index in [1.54, 1.807) is 6.07 Å². The highest BCUT2D eigenvalue weighted by molar-refractivity contribution is 5.91. The first kappa shape index (κ1) is 18.2. The number of carbonyl (C=O) groups excluding carboxylic acids is 1. The summed E-state index contributed by atoms with van der Waals surface area (Å²) in [7, 11) is 0. The van der Waals surface area contributed by atoms with Crippen LogP contribution in [-0.2, 0) is 0 Å². The Morgan fingerprint density at radius 2 is 2.00 bits per heavy atom. The molecule has 27 heavy (non-hydrogen) atoms. The Bertz CT molecular complexity index is 778. The van der Waals surface area contributed by atoms with E-state index in [4.69, 9.17) is 4.52 Å². The van der Waals surface area contributed by atoms with Crippen molar-refractivity contribution in [1.29, 1.82) is 0 Å². The topological polar surface area (TPSA) is 49.6 Å². The van der Waals surface area contributed by atoms with E-state index < -0.39 is 0 Å². The second kappa shape index (κ2) is 7.47. The molecule has 1 spiro atoms. The number of hydrogen-bond donors (Lipinski definition) is 0. The number of aromatic nitrogens is 1. The molecular formula is C22H29N3O2. The van der Waals surface area contributed by atoms with E-state index in [0.29, 0.717) is 17.1 Å². The Morgan fingerprint density at radius 1 is 1.26 bits per heavy atom. The van der Waals surface area contributed by atoms with E-state index in [9.17, 15) is 4.79 Å². The van der Waals surface area contributed by atoms with E-state index in [2.05, 4.69) is 47.3 Å². The van der Waals surface area contributed by atoms with Gasteiger partial charge < -0.3 is 14.3 Å². The summed E-state index contributed by atoms with van der Waals surface area (Å²) in [5.41, 5.74) is 2.51. The van der Waals surface area contributed by atoms with Gasteiger partial charge in [0.15, 0.2) is 0 Å². The van der Waals surface area contributed by atoms with Crippen molar-refractivity contribution in [2.45, 2.75) is 39.0 Å². The summed E-state index contributed by atoms with van der Waals surface area (Å²) in [5, 5.41) is 3.85. The zero-order valence-electron chi connectivity index (χ0n) is 16.4. The number of aryl methyl sites for hydroxylation is 1. The summed E-state index contributed by atoms with van der Waals surface area (Å²) in [6.45, 7) is 9.08. The van der Waals surface area contributed by atoms with Crippen molar-refractivity contribution < 1.29 is 9.32 Å². The largest absolute Gasteiger partial charge is 0.351 e. The maximum Gasteiger partial charge on any atom is 0.292 e. The number of piperidine rings is 2. The molecule has 1 aromatic carbocycles. The van der Waals surface area contributed by atoms with E-state index in [1.165, 1.54) is 12.0 Å². The van der Waals surface area contributed by atoms with Gasteiger partial charge in [-0.05, 0) is 49.6 Å². The standard InChI is InChI=1S/C22H29N3O2/c1-3-24-15-19(18-7-5-4-6-8-18)14-22(16-24)9-11-25(12-10-22)21(26)20-13-17(2)23-27-20/h4-8,13,19H,3,9-12,14-16H2,1-2H3. The van der Waals surface area contributed by atoms with Gasteiger partial charge in [0, 0.05) is 32.2 Å². The Balaban J connectivity index is 1.46. The molecule has 2 saturated heterocycles. The summed E-state index contributed by atoms with van der Waals surface area (Å²) < 4.78 is 5.18. The molecule has 0 bridgehead atoms. The van der Waals surface area contributed by atoms with Crippen LogP contribution in [0.1, 0.15) is 53.9 Å². The Kier molecular flexibility index (Phi) is 5.04. The van der Waals surface area contributed by atoms with Gasteiger partial charge in [-0.3, -0.25) is 4.79 Å². The molecule has 2 aromatic rings. The number of carbonyl (C=O) groups is 1. The van der Waals surface area contributed by atoms with Gasteiger partial charge in [-0.1, -0.05) is 42.4 Å². The number of hydrogen-bond acceptors (Lipinski definition) is 4. The van der Waals surface area contributed by atoms with E-state index in [1.807, 2.05) is 11.8 Å². The number of likely N-dealkylation sites (N-methyl/N-ethyl adjacent to an activating group) is 1. The number of benzene rings is 1. The molecule has 5 nitrogen and oxygen atoms in total. The van der Waals surface area contributed by atoms with Crippen LogP contribution in [0.5, 0.6) is 0 Å². The number of nitrogens with zero attached hydrogens (tertiary/aromatic N) is 3. The van der Waals surface area contributed by atoms with Crippen LogP contribution < -0.4 is 0 Å². The maximum atomic E-state index is 12.7. The molecule has 0 radical (unpaired) electrons. The molecule has 144 valence electrons. The first-order valence-corrected chi connectivity index (χ1v) is 10.1. The lowest BCUT2D eigenvalue weighted by Crippen LogP contribution is -2.52. The van der Waals surface area contributed by atoms with Crippen molar-refractivity contribution in [2.75, 3.05) is 32.7 Å². The number of rotatable bonds is 3. The summed E-state index contributed by atoms with van der Waals surface area (Å²) in [5.74, 6) is 0.928. The van der Waals surface area contributed by atoms with Crippen LogP contribution >= 0.6 is 0 Å². The van der Waals surface area contributed by atoms with Crippen molar-refractivity contribution in [2.24, 2.45) is 5.41 Å². The Morgan fingerprint density at radius 3 is 2.63 bits per heavy atom. The lowest BCUT2D eigenvalue weighted by molar-refractivity contribution is 0.0144. The van der Waals surface area contributed by atoms with Crippen molar-refractivity contribution >= 4 is 5.91 Å². The second-order valence-corrected chi connectivity index (χ2v) is 8.26. The molecule has 1 aromatic heterocycles. The molecule has 1 unspecified atom stereocenters. The summed E-state index contributed by atoms with van der Waals surface area (Å²) in [4.78, 5) is 17.2. The van der Waals surface area contributed by atoms with Gasteiger partial charge in [-0.2, -0.15) is 0 Å². The third-order valence-electron chi connectivity index (χ3n) is 6.39. The van der Waals surface area contributed by atoms with Crippen LogP contribution in [0.4, 0.5) is 0 Å². The zero-order chi connectivity index (χ0) is 18.9. The van der Waals surface area contributed by atoms with Gasteiger partial charge >= 0.3 is 0 Å². The predicted octanol–water partition coefficient (Wildman–Crippen LogP) is 3.71. The van der Waals surface area contributed by atoms with E-state index >= 15 is 0 Å². The average Bonchev–Trinajstić information content (AvgIpc) is 3.15. The van der Waals surface area contributed by atoms with Gasteiger partial charge in [-0.25, -0.2) is 0 Å². The molecule has 1 amide bonds. The SMILES string of the molecule is CCN1CC(c2ccccc2)CC2(CCN(C(=O)c3cc(C)no3)CC2)C1. The van der Waals surface area contributed by atoms with Crippen LogP contribution in [0.15, 0.2) is 40.9 Å². The third kappa shape index (κ3) is 3.79. The van der Waals surface area contributed by atoms with Crippen LogP contribution in [0.25, 0.3) is 0 Å². The van der Waals surface area contributed by atoms with Crippen molar-refractivity contribution in [1.82, 2.24) is 15.0 Å². The van der Waals surface area contributed by atoms with Crippen LogP contribution in [0.2, 0.25) is 0 Å². The molecule has 2 aliphatic rings. The van der Waals surface area contributed by atoms with Gasteiger partial charge in [0.05, 0.1) is 5.69 Å². The van der Waals surface area contributed by atoms with E-state index in [-0.39, 0.29) is 5.91 Å². The quantitative estimate of drug-likeness (QED) is 0.830. The molecular weight excluding hydrogens is 338 g/mol. The second-order valence-electron chi connectivity index (χ2n) is 8.26. The van der Waals surface area contributed by atoms with Gasteiger partial charge in [-0.15, -0.1) is 0 Å². The van der Waals surface area contributed by atoms with Crippen molar-refractivity contribution in [3.05, 3.63) is 53.4 Å². The molecule has 1 atom stereocenters. The van der Waals surface area contributed by atoms with Gasteiger partial charge in [0.1, 0.15) is 0 Å². The Labute approximate surface area is 161 Å². The molecule has 0 N–H and O–H groups in total. The first-order valence-electron chi connectivity index (χ1n) is 10.1. The fraction of sp³-hybridized carbons (Fsp3) is 0.545. The molecule has 0 saturated carbocycles. The normalized spacial score (nSPS) is 22.9. The highest BCUT2D eigenvalue weighted by Gasteiger charge is 2.42. The van der Waals surface area contributed by atoms with Gasteiger partial charge in [0.25, 0.3) is 5.91 Å². The minimum Gasteiger partial charge on any atom is -0.351 e. The zero-order valence-corrected chi connectivity index (χ0v) is 16.4. The monoisotopic (exact) mass is 367 g/mol. The summed E-state index contributed by atoms with van der Waals surface area (Å²) in [6, 6.07) is 12.7. The Hall–Kier alpha value is -2.14.